The summed E-state index contributed by atoms with van der Waals surface area (Å²) >= 11 is 0. The van der Waals surface area contributed by atoms with Gasteiger partial charge in [0.25, 0.3) is 0 Å². The summed E-state index contributed by atoms with van der Waals surface area (Å²) in [6, 6.07) is 0.427. The fourth-order valence-electron chi connectivity index (χ4n) is 5.16. The maximum absolute atomic E-state index is 12.8. The lowest BCUT2D eigenvalue weighted by Gasteiger charge is -2.27. The third kappa shape index (κ3) is 1.63. The predicted octanol–water partition coefficient (Wildman–Crippen LogP) is 2.23. The molecule has 104 valence electrons. The summed E-state index contributed by atoms with van der Waals surface area (Å²) in [6.45, 7) is 1.80. The first-order valence-electron chi connectivity index (χ1n) is 7.81. The van der Waals surface area contributed by atoms with E-state index < -0.39 is 0 Å². The first-order chi connectivity index (χ1) is 9.29. The van der Waals surface area contributed by atoms with Crippen molar-refractivity contribution in [2.75, 3.05) is 20.3 Å². The van der Waals surface area contributed by atoms with Crippen molar-refractivity contribution >= 4 is 5.78 Å². The molecular formula is C16H23NO2. The highest BCUT2D eigenvalue weighted by Gasteiger charge is 2.54. The Balaban J connectivity index is 1.59. The van der Waals surface area contributed by atoms with Gasteiger partial charge >= 0.3 is 0 Å². The quantitative estimate of drug-likeness (QED) is 0.780. The Bertz CT molecular complexity index is 430. The monoisotopic (exact) mass is 261 g/mol. The maximum atomic E-state index is 12.8. The highest BCUT2D eigenvalue weighted by atomic mass is 16.5. The Kier molecular flexibility index (Phi) is 2.73. The Hall–Kier alpha value is -0.830. The molecule has 0 aromatic carbocycles. The summed E-state index contributed by atoms with van der Waals surface area (Å²) in [7, 11) is 1.76. The van der Waals surface area contributed by atoms with E-state index in [-0.39, 0.29) is 0 Å². The second-order valence-electron chi connectivity index (χ2n) is 6.80. The average molecular weight is 261 g/mol. The molecule has 19 heavy (non-hydrogen) atoms. The van der Waals surface area contributed by atoms with E-state index in [1.807, 2.05) is 0 Å². The van der Waals surface area contributed by atoms with Gasteiger partial charge in [-0.2, -0.15) is 0 Å². The van der Waals surface area contributed by atoms with Crippen LogP contribution in [-0.2, 0) is 9.53 Å². The molecule has 0 N–H and O–H groups in total. The number of rotatable bonds is 3. The summed E-state index contributed by atoms with van der Waals surface area (Å²) < 4.78 is 5.32. The number of nitrogens with zero attached hydrogens (tertiary/aromatic N) is 1. The summed E-state index contributed by atoms with van der Waals surface area (Å²) in [6.07, 6.45) is 8.66. The van der Waals surface area contributed by atoms with Crippen LogP contribution >= 0.6 is 0 Å². The largest absolute Gasteiger partial charge is 0.383 e. The van der Waals surface area contributed by atoms with E-state index in [9.17, 15) is 4.79 Å². The van der Waals surface area contributed by atoms with Gasteiger partial charge in [0.1, 0.15) is 0 Å². The van der Waals surface area contributed by atoms with Crippen molar-refractivity contribution in [1.82, 2.24) is 4.90 Å². The van der Waals surface area contributed by atoms with E-state index in [1.54, 1.807) is 7.11 Å². The Labute approximate surface area is 115 Å². The highest BCUT2D eigenvalue weighted by Crippen LogP contribution is 2.57. The van der Waals surface area contributed by atoms with Gasteiger partial charge in [-0.25, -0.2) is 0 Å². The Morgan fingerprint density at radius 2 is 2.16 bits per heavy atom. The van der Waals surface area contributed by atoms with Crippen molar-refractivity contribution in [2.24, 2.45) is 23.7 Å². The molecule has 0 aromatic rings. The van der Waals surface area contributed by atoms with Crippen LogP contribution in [0.2, 0.25) is 0 Å². The van der Waals surface area contributed by atoms with Crippen LogP contribution in [0.15, 0.2) is 11.8 Å². The van der Waals surface area contributed by atoms with Crippen LogP contribution in [-0.4, -0.2) is 37.0 Å². The van der Waals surface area contributed by atoms with E-state index in [4.69, 9.17) is 4.74 Å². The maximum Gasteiger partial charge on any atom is 0.182 e. The van der Waals surface area contributed by atoms with Crippen LogP contribution in [0, 0.1) is 23.7 Å². The molecule has 5 atom stereocenters. The molecule has 0 radical (unpaired) electrons. The van der Waals surface area contributed by atoms with Gasteiger partial charge in [0, 0.05) is 19.6 Å². The van der Waals surface area contributed by atoms with Gasteiger partial charge < -0.3 is 9.64 Å². The minimum absolute atomic E-state index is 0.345. The van der Waals surface area contributed by atoms with E-state index in [2.05, 4.69) is 11.0 Å². The van der Waals surface area contributed by atoms with Gasteiger partial charge in [0.05, 0.1) is 18.3 Å². The van der Waals surface area contributed by atoms with Gasteiger partial charge in [-0.1, -0.05) is 6.08 Å². The zero-order valence-electron chi connectivity index (χ0n) is 11.7. The summed E-state index contributed by atoms with van der Waals surface area (Å²) in [5, 5.41) is 0. The van der Waals surface area contributed by atoms with Crippen LogP contribution < -0.4 is 0 Å². The molecular weight excluding hydrogens is 238 g/mol. The van der Waals surface area contributed by atoms with Crippen LogP contribution in [0.3, 0.4) is 0 Å². The molecule has 3 heteroatoms. The number of Topliss-reactive ketones (excluding diaryl/α,β-unsaturated/α-hetero) is 1. The first-order valence-corrected chi connectivity index (χ1v) is 7.81. The minimum atomic E-state index is 0.345. The second kappa shape index (κ2) is 4.34. The van der Waals surface area contributed by atoms with Crippen molar-refractivity contribution in [2.45, 2.75) is 38.1 Å². The molecule has 2 saturated carbocycles. The van der Waals surface area contributed by atoms with Crippen molar-refractivity contribution in [1.29, 1.82) is 0 Å². The average Bonchev–Trinajstić information content (AvgIpc) is 3.11. The van der Waals surface area contributed by atoms with E-state index in [0.29, 0.717) is 29.6 Å². The first kappa shape index (κ1) is 12.0. The minimum Gasteiger partial charge on any atom is -0.383 e. The molecule has 1 saturated heterocycles. The number of likely N-dealkylation sites (tertiary alicyclic amines) is 1. The number of ether oxygens (including phenoxy) is 1. The Morgan fingerprint density at radius 3 is 2.95 bits per heavy atom. The predicted molar refractivity (Wildman–Crippen MR) is 72.5 cm³/mol. The molecule has 4 aliphatic rings. The SMILES string of the molecule is COC[C@@H]1CCCN1C1=CC2C3CCC(C3)C2C1=O. The number of ketones is 1. The molecule has 3 aliphatic carbocycles. The van der Waals surface area contributed by atoms with Crippen molar-refractivity contribution in [3.05, 3.63) is 11.8 Å². The number of hydrogen-bond acceptors (Lipinski definition) is 3. The third-order valence-electron chi connectivity index (χ3n) is 5.93. The fourth-order valence-corrected chi connectivity index (χ4v) is 5.16. The lowest BCUT2D eigenvalue weighted by Crippen LogP contribution is -2.36. The van der Waals surface area contributed by atoms with Gasteiger partial charge in [0.2, 0.25) is 0 Å². The molecule has 4 rings (SSSR count). The number of methoxy groups -OCH3 is 1. The second-order valence-corrected chi connectivity index (χ2v) is 6.80. The zero-order chi connectivity index (χ0) is 13.0. The Morgan fingerprint density at radius 1 is 1.32 bits per heavy atom. The molecule has 1 aliphatic heterocycles. The normalized spacial score (nSPS) is 44.1. The molecule has 4 unspecified atom stereocenters. The lowest BCUT2D eigenvalue weighted by atomic mass is 9.81. The van der Waals surface area contributed by atoms with Crippen molar-refractivity contribution in [3.63, 3.8) is 0 Å². The van der Waals surface area contributed by atoms with Crippen LogP contribution in [0.25, 0.3) is 0 Å². The molecule has 2 bridgehead atoms. The molecule has 0 aromatic heterocycles. The molecule has 0 amide bonds. The molecule has 3 fully saturated rings. The number of fused-ring (bicyclic) bond motifs is 5. The number of allylic oxidation sites excluding steroid dienone is 2. The number of hydrogen-bond donors (Lipinski definition) is 0. The summed E-state index contributed by atoms with van der Waals surface area (Å²) in [5.74, 6) is 2.88. The van der Waals surface area contributed by atoms with Gasteiger partial charge in [0.15, 0.2) is 5.78 Å². The van der Waals surface area contributed by atoms with Gasteiger partial charge in [-0.15, -0.1) is 0 Å². The number of carbonyl (C=O) groups excluding carboxylic acids is 1. The van der Waals surface area contributed by atoms with E-state index >= 15 is 0 Å². The summed E-state index contributed by atoms with van der Waals surface area (Å²) in [4.78, 5) is 15.1. The van der Waals surface area contributed by atoms with Crippen molar-refractivity contribution < 1.29 is 9.53 Å². The van der Waals surface area contributed by atoms with Gasteiger partial charge in [-0.05, 0) is 49.9 Å². The van der Waals surface area contributed by atoms with Gasteiger partial charge in [-0.3, -0.25) is 4.79 Å². The topological polar surface area (TPSA) is 29.5 Å². The molecule has 0 spiro atoms. The third-order valence-corrected chi connectivity index (χ3v) is 5.93. The highest BCUT2D eigenvalue weighted by molar-refractivity contribution is 6.00. The molecule has 1 heterocycles. The summed E-state index contributed by atoms with van der Waals surface area (Å²) in [5.41, 5.74) is 1.05. The van der Waals surface area contributed by atoms with E-state index in [0.717, 1.165) is 24.8 Å². The molecule has 3 nitrogen and oxygen atoms in total. The smallest absolute Gasteiger partial charge is 0.182 e. The number of carbonyl (C=O) groups is 1. The van der Waals surface area contributed by atoms with Crippen molar-refractivity contribution in [3.8, 4) is 0 Å². The van der Waals surface area contributed by atoms with Crippen LogP contribution in [0.1, 0.15) is 32.1 Å². The lowest BCUT2D eigenvalue weighted by molar-refractivity contribution is -0.122. The van der Waals surface area contributed by atoms with Crippen LogP contribution in [0.5, 0.6) is 0 Å². The van der Waals surface area contributed by atoms with Crippen LogP contribution in [0.4, 0.5) is 0 Å². The zero-order valence-corrected chi connectivity index (χ0v) is 11.7. The standard InChI is InChI=1S/C16H23NO2/c1-19-9-12-3-2-6-17(12)14-8-13-10-4-5-11(7-10)15(13)16(14)18/h8,10-13,15H,2-7,9H2,1H3/t10?,11?,12-,13?,15?/m0/s1. The van der Waals surface area contributed by atoms with E-state index in [1.165, 1.54) is 32.1 Å². The fraction of sp³-hybridized carbons (Fsp3) is 0.812.